The Bertz CT molecular complexity index is 1760. The Morgan fingerprint density at radius 3 is 2.06 bits per heavy atom. The molecule has 0 N–H and O–H groups in total. The standard InChI is InChI=1S/C28H18N4S2/c1-6-19-11-12-20-18-23(31-14-2-7-21(31)24-9-4-16-33-24)28(30-27(20)26(19)29-13-1)32-15-3-8-22(32)25-10-5-17-34-25/h1-18H. The van der Waals surface area contributed by atoms with Crippen molar-refractivity contribution in [1.29, 1.82) is 0 Å². The second-order valence-corrected chi connectivity index (χ2v) is 9.92. The van der Waals surface area contributed by atoms with E-state index >= 15 is 0 Å². The predicted octanol–water partition coefficient (Wildman–Crippen LogP) is 7.82. The highest BCUT2D eigenvalue weighted by atomic mass is 32.1. The van der Waals surface area contributed by atoms with Gasteiger partial charge in [0.1, 0.15) is 0 Å². The van der Waals surface area contributed by atoms with Crippen molar-refractivity contribution in [1.82, 2.24) is 19.1 Å². The summed E-state index contributed by atoms with van der Waals surface area (Å²) in [5, 5.41) is 6.39. The van der Waals surface area contributed by atoms with Crippen molar-refractivity contribution >= 4 is 44.5 Å². The average Bonchev–Trinajstić information content (AvgIpc) is 3.69. The van der Waals surface area contributed by atoms with Crippen LogP contribution in [0.3, 0.4) is 0 Å². The van der Waals surface area contributed by atoms with E-state index in [0.717, 1.165) is 44.7 Å². The summed E-state index contributed by atoms with van der Waals surface area (Å²) in [6.07, 6.45) is 6.05. The molecule has 0 spiro atoms. The Hall–Kier alpha value is -4.00. The number of pyridine rings is 2. The third-order valence-corrected chi connectivity index (χ3v) is 7.84. The van der Waals surface area contributed by atoms with Crippen LogP contribution in [0, 0.1) is 0 Å². The first-order valence-electron chi connectivity index (χ1n) is 11.0. The minimum atomic E-state index is 0.882. The number of fused-ring (bicyclic) bond motifs is 3. The number of aromatic nitrogens is 4. The van der Waals surface area contributed by atoms with Crippen molar-refractivity contribution in [3.63, 3.8) is 0 Å². The molecule has 4 nitrogen and oxygen atoms in total. The Kier molecular flexibility index (Phi) is 4.46. The van der Waals surface area contributed by atoms with Crippen LogP contribution in [0.1, 0.15) is 0 Å². The Labute approximate surface area is 204 Å². The van der Waals surface area contributed by atoms with Crippen LogP contribution < -0.4 is 0 Å². The van der Waals surface area contributed by atoms with Gasteiger partial charge in [0.25, 0.3) is 0 Å². The van der Waals surface area contributed by atoms with Crippen molar-refractivity contribution in [2.75, 3.05) is 0 Å². The lowest BCUT2D eigenvalue weighted by atomic mass is 10.1. The molecule has 34 heavy (non-hydrogen) atoms. The fourth-order valence-corrected chi connectivity index (χ4v) is 6.01. The summed E-state index contributed by atoms with van der Waals surface area (Å²) in [6.45, 7) is 0. The maximum atomic E-state index is 5.28. The lowest BCUT2D eigenvalue weighted by Crippen LogP contribution is -2.07. The van der Waals surface area contributed by atoms with E-state index in [-0.39, 0.29) is 0 Å². The van der Waals surface area contributed by atoms with E-state index in [1.54, 1.807) is 22.7 Å². The molecular weight excluding hydrogens is 456 g/mol. The Balaban J connectivity index is 1.57. The molecule has 0 bridgehead atoms. The van der Waals surface area contributed by atoms with Crippen LogP contribution in [-0.2, 0) is 0 Å². The molecule has 0 amide bonds. The van der Waals surface area contributed by atoms with Gasteiger partial charge in [-0.05, 0) is 59.3 Å². The van der Waals surface area contributed by atoms with Gasteiger partial charge >= 0.3 is 0 Å². The molecule has 1 aromatic carbocycles. The summed E-state index contributed by atoms with van der Waals surface area (Å²) in [6, 6.07) is 27.6. The molecule has 0 aliphatic rings. The van der Waals surface area contributed by atoms with Crippen molar-refractivity contribution in [3.8, 4) is 32.6 Å². The van der Waals surface area contributed by atoms with Gasteiger partial charge < -0.3 is 4.57 Å². The first-order valence-corrected chi connectivity index (χ1v) is 12.7. The van der Waals surface area contributed by atoms with Gasteiger partial charge in [0, 0.05) is 29.4 Å². The fraction of sp³-hybridized carbons (Fsp3) is 0. The Morgan fingerprint density at radius 1 is 0.618 bits per heavy atom. The first-order chi connectivity index (χ1) is 16.9. The van der Waals surface area contributed by atoms with E-state index < -0.39 is 0 Å². The van der Waals surface area contributed by atoms with Gasteiger partial charge in [0.2, 0.25) is 0 Å². The minimum absolute atomic E-state index is 0.882. The fourth-order valence-electron chi connectivity index (χ4n) is 4.52. The molecule has 7 aromatic rings. The zero-order chi connectivity index (χ0) is 22.5. The normalized spacial score (nSPS) is 11.5. The van der Waals surface area contributed by atoms with Crippen LogP contribution >= 0.6 is 22.7 Å². The molecule has 0 saturated carbocycles. The van der Waals surface area contributed by atoms with Crippen LogP contribution in [0.4, 0.5) is 0 Å². The van der Waals surface area contributed by atoms with Crippen LogP contribution in [0.15, 0.2) is 108 Å². The van der Waals surface area contributed by atoms with Crippen molar-refractivity contribution < 1.29 is 0 Å². The summed E-state index contributed by atoms with van der Waals surface area (Å²) in [5.41, 5.74) is 5.14. The molecular formula is C28H18N4S2. The van der Waals surface area contributed by atoms with Crippen molar-refractivity contribution in [2.45, 2.75) is 0 Å². The molecule has 0 unspecified atom stereocenters. The molecule has 6 aromatic heterocycles. The number of nitrogens with zero attached hydrogens (tertiary/aromatic N) is 4. The zero-order valence-corrected chi connectivity index (χ0v) is 19.6. The van der Waals surface area contributed by atoms with Gasteiger partial charge in [-0.1, -0.05) is 30.3 Å². The molecule has 0 aliphatic heterocycles. The highest BCUT2D eigenvalue weighted by molar-refractivity contribution is 7.13. The second-order valence-electron chi connectivity index (χ2n) is 8.02. The molecule has 6 heteroatoms. The highest BCUT2D eigenvalue weighted by Crippen LogP contribution is 2.35. The van der Waals surface area contributed by atoms with Crippen LogP contribution in [-0.4, -0.2) is 19.1 Å². The molecule has 0 fully saturated rings. The maximum Gasteiger partial charge on any atom is 0.162 e. The van der Waals surface area contributed by atoms with E-state index in [0.29, 0.717) is 0 Å². The topological polar surface area (TPSA) is 35.6 Å². The number of hydrogen-bond donors (Lipinski definition) is 0. The second kappa shape index (κ2) is 7.80. The number of rotatable bonds is 4. The third kappa shape index (κ3) is 3.04. The predicted molar refractivity (Wildman–Crippen MR) is 142 cm³/mol. The maximum absolute atomic E-state index is 5.28. The summed E-state index contributed by atoms with van der Waals surface area (Å²) >= 11 is 3.48. The zero-order valence-electron chi connectivity index (χ0n) is 18.0. The smallest absolute Gasteiger partial charge is 0.162 e. The lowest BCUT2D eigenvalue weighted by Gasteiger charge is -2.17. The molecule has 0 saturated heterocycles. The van der Waals surface area contributed by atoms with Crippen LogP contribution in [0.25, 0.3) is 54.5 Å². The molecule has 162 valence electrons. The lowest BCUT2D eigenvalue weighted by molar-refractivity contribution is 0.976. The van der Waals surface area contributed by atoms with Gasteiger partial charge in [-0.2, -0.15) is 0 Å². The summed E-state index contributed by atoms with van der Waals surface area (Å²) < 4.78 is 4.44. The third-order valence-electron chi connectivity index (χ3n) is 6.05. The number of hydrogen-bond acceptors (Lipinski definition) is 4. The molecule has 7 rings (SSSR count). The van der Waals surface area contributed by atoms with E-state index in [4.69, 9.17) is 4.98 Å². The number of benzene rings is 1. The summed E-state index contributed by atoms with van der Waals surface area (Å²) in [4.78, 5) is 12.4. The average molecular weight is 475 g/mol. The first kappa shape index (κ1) is 19.5. The highest BCUT2D eigenvalue weighted by Gasteiger charge is 2.18. The van der Waals surface area contributed by atoms with Gasteiger partial charge in [0.15, 0.2) is 5.82 Å². The number of thiophene rings is 2. The summed E-state index contributed by atoms with van der Waals surface area (Å²) in [5.74, 6) is 0.882. The van der Waals surface area contributed by atoms with Crippen molar-refractivity contribution in [2.24, 2.45) is 0 Å². The van der Waals surface area contributed by atoms with E-state index in [1.807, 2.05) is 12.3 Å². The quantitative estimate of drug-likeness (QED) is 0.244. The molecule has 0 aliphatic carbocycles. The van der Waals surface area contributed by atoms with Crippen LogP contribution in [0.5, 0.6) is 0 Å². The van der Waals surface area contributed by atoms with Gasteiger partial charge in [-0.3, -0.25) is 9.55 Å². The SMILES string of the molecule is c1csc(-c2cccn2-c2cc3ccc4cccnc4c3nc2-n2cccc2-c2cccs2)c1. The largest absolute Gasteiger partial charge is 0.312 e. The Morgan fingerprint density at radius 2 is 1.32 bits per heavy atom. The van der Waals surface area contributed by atoms with E-state index in [1.165, 1.54) is 9.75 Å². The van der Waals surface area contributed by atoms with Crippen LogP contribution in [0.2, 0.25) is 0 Å². The van der Waals surface area contributed by atoms with Gasteiger partial charge in [-0.15, -0.1) is 22.7 Å². The van der Waals surface area contributed by atoms with E-state index in [9.17, 15) is 0 Å². The van der Waals surface area contributed by atoms with Gasteiger partial charge in [0.05, 0.1) is 37.9 Å². The molecule has 6 heterocycles. The summed E-state index contributed by atoms with van der Waals surface area (Å²) in [7, 11) is 0. The molecule has 0 atom stereocenters. The van der Waals surface area contributed by atoms with Crippen molar-refractivity contribution in [3.05, 3.63) is 108 Å². The minimum Gasteiger partial charge on any atom is -0.312 e. The monoisotopic (exact) mass is 474 g/mol. The molecule has 0 radical (unpaired) electrons. The van der Waals surface area contributed by atoms with E-state index in [2.05, 4.69) is 110 Å². The van der Waals surface area contributed by atoms with Gasteiger partial charge in [-0.25, -0.2) is 4.98 Å².